The first-order valence-corrected chi connectivity index (χ1v) is 12.0. The number of nitrogens with zero attached hydrogens (tertiary/aromatic N) is 1. The maximum atomic E-state index is 14.0. The van der Waals surface area contributed by atoms with Crippen molar-refractivity contribution in [3.8, 4) is 17.2 Å². The summed E-state index contributed by atoms with van der Waals surface area (Å²) in [6.45, 7) is 1.90. The van der Waals surface area contributed by atoms with Crippen LogP contribution in [0.25, 0.3) is 0 Å². The Labute approximate surface area is 211 Å². The smallest absolute Gasteiger partial charge is 0.294 e. The largest absolute Gasteiger partial charge is 0.493 e. The Morgan fingerprint density at radius 3 is 2.19 bits per heavy atom. The van der Waals surface area contributed by atoms with Gasteiger partial charge in [0, 0.05) is 11.7 Å². The number of hydrogen-bond acceptors (Lipinski definition) is 6. The van der Waals surface area contributed by atoms with Crippen molar-refractivity contribution in [3.63, 3.8) is 0 Å². The second kappa shape index (κ2) is 11.2. The predicted molar refractivity (Wildman–Crippen MR) is 136 cm³/mol. The summed E-state index contributed by atoms with van der Waals surface area (Å²) < 4.78 is 22.1. The molecule has 4 rings (SSSR count). The van der Waals surface area contributed by atoms with E-state index in [9.17, 15) is 9.59 Å². The van der Waals surface area contributed by atoms with Gasteiger partial charge in [0.25, 0.3) is 5.91 Å². The Hall–Kier alpha value is -3.94. The van der Waals surface area contributed by atoms with Crippen LogP contribution in [-0.4, -0.2) is 39.2 Å². The van der Waals surface area contributed by atoms with E-state index >= 15 is 0 Å². The predicted octanol–water partition coefficient (Wildman–Crippen LogP) is 5.06. The summed E-state index contributed by atoms with van der Waals surface area (Å²) in [6.07, 6.45) is 5.38. The van der Waals surface area contributed by atoms with Gasteiger partial charge in [0.1, 0.15) is 6.04 Å². The minimum absolute atomic E-state index is 0.0551. The van der Waals surface area contributed by atoms with Crippen LogP contribution in [0.4, 0.5) is 5.69 Å². The number of para-hydroxylation sites is 1. The van der Waals surface area contributed by atoms with Crippen molar-refractivity contribution in [1.29, 1.82) is 0 Å². The molecule has 0 radical (unpaired) electrons. The molecule has 0 saturated heterocycles. The highest BCUT2D eigenvalue weighted by Gasteiger charge is 2.37. The van der Waals surface area contributed by atoms with E-state index in [0.29, 0.717) is 28.5 Å². The number of amides is 2. The van der Waals surface area contributed by atoms with Gasteiger partial charge in [-0.05, 0) is 61.2 Å². The third-order valence-electron chi connectivity index (χ3n) is 6.54. The minimum atomic E-state index is -1.03. The lowest BCUT2D eigenvalue weighted by Gasteiger charge is -2.33. The first kappa shape index (κ1) is 25.2. The van der Waals surface area contributed by atoms with E-state index in [1.807, 2.05) is 31.2 Å². The third kappa shape index (κ3) is 5.03. The number of benzene rings is 2. The van der Waals surface area contributed by atoms with Crippen LogP contribution in [-0.2, 0) is 4.79 Å². The molecule has 3 aromatic rings. The van der Waals surface area contributed by atoms with Gasteiger partial charge in [0.05, 0.1) is 27.6 Å². The van der Waals surface area contributed by atoms with E-state index in [2.05, 4.69) is 5.32 Å². The zero-order valence-electron chi connectivity index (χ0n) is 21.1. The lowest BCUT2D eigenvalue weighted by atomic mass is 9.99. The Morgan fingerprint density at radius 2 is 1.64 bits per heavy atom. The number of methoxy groups -OCH3 is 3. The Morgan fingerprint density at radius 1 is 0.972 bits per heavy atom. The highest BCUT2D eigenvalue weighted by atomic mass is 16.5. The lowest BCUT2D eigenvalue weighted by molar-refractivity contribution is -0.123. The molecule has 1 N–H and O–H groups in total. The first-order valence-electron chi connectivity index (χ1n) is 12.0. The number of aryl methyl sites for hydroxylation is 1. The Balaban J connectivity index is 1.92. The van der Waals surface area contributed by atoms with Gasteiger partial charge < -0.3 is 23.9 Å². The van der Waals surface area contributed by atoms with E-state index in [4.69, 9.17) is 18.6 Å². The second-order valence-electron chi connectivity index (χ2n) is 8.79. The molecule has 0 aliphatic heterocycles. The van der Waals surface area contributed by atoms with E-state index in [-0.39, 0.29) is 17.7 Å². The molecule has 0 bridgehead atoms. The SMILES string of the molecule is COc1cc([C@@H](C(=O)NC2CCCC2)N(C(=O)c2ccco2)c2ccccc2C)cc(OC)c1OC. The van der Waals surface area contributed by atoms with Crippen molar-refractivity contribution < 1.29 is 28.2 Å². The normalized spacial score (nSPS) is 14.2. The van der Waals surface area contributed by atoms with Crippen molar-refractivity contribution in [3.05, 3.63) is 71.7 Å². The van der Waals surface area contributed by atoms with Gasteiger partial charge in [-0.15, -0.1) is 0 Å². The maximum absolute atomic E-state index is 14.0. The molecule has 0 unspecified atom stereocenters. The van der Waals surface area contributed by atoms with Gasteiger partial charge in [-0.2, -0.15) is 0 Å². The molecule has 36 heavy (non-hydrogen) atoms. The highest BCUT2D eigenvalue weighted by molar-refractivity contribution is 6.09. The van der Waals surface area contributed by atoms with E-state index in [1.54, 1.807) is 24.3 Å². The van der Waals surface area contributed by atoms with Crippen LogP contribution < -0.4 is 24.4 Å². The highest BCUT2D eigenvalue weighted by Crippen LogP contribution is 2.42. The van der Waals surface area contributed by atoms with E-state index in [1.165, 1.54) is 32.5 Å². The van der Waals surface area contributed by atoms with Crippen molar-refractivity contribution in [2.24, 2.45) is 0 Å². The van der Waals surface area contributed by atoms with Gasteiger partial charge >= 0.3 is 0 Å². The monoisotopic (exact) mass is 492 g/mol. The molecule has 1 saturated carbocycles. The molecule has 1 aliphatic carbocycles. The molecule has 2 amide bonds. The summed E-state index contributed by atoms with van der Waals surface area (Å²) >= 11 is 0. The number of furan rings is 1. The number of anilines is 1. The van der Waals surface area contributed by atoms with Gasteiger partial charge in [-0.1, -0.05) is 31.0 Å². The fraction of sp³-hybridized carbons (Fsp3) is 0.357. The summed E-state index contributed by atoms with van der Waals surface area (Å²) in [5.41, 5.74) is 1.95. The number of rotatable bonds is 9. The number of ether oxygens (including phenoxy) is 3. The molecular formula is C28H32N2O6. The van der Waals surface area contributed by atoms with Crippen LogP contribution in [0, 0.1) is 6.92 Å². The Bertz CT molecular complexity index is 1180. The number of hydrogen-bond donors (Lipinski definition) is 1. The molecule has 0 spiro atoms. The molecule has 2 aromatic carbocycles. The van der Waals surface area contributed by atoms with Crippen molar-refractivity contribution in [1.82, 2.24) is 5.32 Å². The zero-order chi connectivity index (χ0) is 25.7. The molecule has 1 fully saturated rings. The van der Waals surface area contributed by atoms with Crippen LogP contribution in [0.1, 0.15) is 53.4 Å². The molecule has 1 heterocycles. The summed E-state index contributed by atoms with van der Waals surface area (Å²) in [5.74, 6) is 0.582. The molecular weight excluding hydrogens is 460 g/mol. The number of nitrogens with one attached hydrogen (secondary N) is 1. The number of carbonyl (C=O) groups is 2. The van der Waals surface area contributed by atoms with Crippen molar-refractivity contribution >= 4 is 17.5 Å². The summed E-state index contributed by atoms with van der Waals surface area (Å²) in [6, 6.07) is 13.1. The molecule has 190 valence electrons. The maximum Gasteiger partial charge on any atom is 0.294 e. The van der Waals surface area contributed by atoms with E-state index < -0.39 is 11.9 Å². The van der Waals surface area contributed by atoms with Gasteiger partial charge in [-0.3, -0.25) is 14.5 Å². The van der Waals surface area contributed by atoms with Crippen LogP contribution in [0.2, 0.25) is 0 Å². The summed E-state index contributed by atoms with van der Waals surface area (Å²) in [7, 11) is 4.55. The average molecular weight is 493 g/mol. The quantitative estimate of drug-likeness (QED) is 0.449. The molecule has 1 atom stereocenters. The van der Waals surface area contributed by atoms with Crippen molar-refractivity contribution in [2.45, 2.75) is 44.7 Å². The molecule has 1 aliphatic rings. The van der Waals surface area contributed by atoms with Crippen LogP contribution in [0.5, 0.6) is 17.2 Å². The zero-order valence-corrected chi connectivity index (χ0v) is 21.1. The van der Waals surface area contributed by atoms with Gasteiger partial charge in [0.15, 0.2) is 17.3 Å². The standard InChI is InChI=1S/C28H32N2O6/c1-18-10-5-8-13-21(18)30(28(32)22-14-9-15-36-22)25(27(31)29-20-11-6-7-12-20)19-16-23(33-2)26(35-4)24(17-19)34-3/h5,8-10,13-17,20,25H,6-7,11-12H2,1-4H3,(H,29,31)/t25-/m0/s1. The molecule has 8 nitrogen and oxygen atoms in total. The average Bonchev–Trinajstić information content (AvgIpc) is 3.61. The van der Waals surface area contributed by atoms with Crippen LogP contribution >= 0.6 is 0 Å². The van der Waals surface area contributed by atoms with Crippen LogP contribution in [0.3, 0.4) is 0 Å². The first-order chi connectivity index (χ1) is 17.5. The fourth-order valence-electron chi connectivity index (χ4n) is 4.75. The minimum Gasteiger partial charge on any atom is -0.493 e. The third-order valence-corrected chi connectivity index (χ3v) is 6.54. The fourth-order valence-corrected chi connectivity index (χ4v) is 4.75. The topological polar surface area (TPSA) is 90.2 Å². The van der Waals surface area contributed by atoms with E-state index in [0.717, 1.165) is 31.2 Å². The van der Waals surface area contributed by atoms with Crippen LogP contribution in [0.15, 0.2) is 59.2 Å². The lowest BCUT2D eigenvalue weighted by Crippen LogP contribution is -2.46. The van der Waals surface area contributed by atoms with Gasteiger partial charge in [-0.25, -0.2) is 0 Å². The Kier molecular flexibility index (Phi) is 7.83. The second-order valence-corrected chi connectivity index (χ2v) is 8.79. The molecule has 8 heteroatoms. The summed E-state index contributed by atoms with van der Waals surface area (Å²) in [4.78, 5) is 29.4. The number of carbonyl (C=O) groups excluding carboxylic acids is 2. The summed E-state index contributed by atoms with van der Waals surface area (Å²) in [5, 5.41) is 3.17. The molecule has 1 aromatic heterocycles. The van der Waals surface area contributed by atoms with Crippen molar-refractivity contribution in [2.75, 3.05) is 26.2 Å². The van der Waals surface area contributed by atoms with Gasteiger partial charge in [0.2, 0.25) is 11.7 Å².